The maximum absolute atomic E-state index is 12.3. The number of hydrogen-bond donors (Lipinski definition) is 0. The van der Waals surface area contributed by atoms with Gasteiger partial charge < -0.3 is 4.90 Å². The highest BCUT2D eigenvalue weighted by Gasteiger charge is 2.26. The predicted octanol–water partition coefficient (Wildman–Crippen LogP) is 3.19. The third-order valence-electron chi connectivity index (χ3n) is 5.22. The van der Waals surface area contributed by atoms with Crippen molar-refractivity contribution in [3.05, 3.63) is 53.6 Å². The number of benzene rings is 2. The predicted molar refractivity (Wildman–Crippen MR) is 108 cm³/mol. The summed E-state index contributed by atoms with van der Waals surface area (Å²) in [6.45, 7) is 3.59. The Morgan fingerprint density at radius 2 is 1.52 bits per heavy atom. The zero-order valence-electron chi connectivity index (χ0n) is 15.8. The molecule has 1 saturated heterocycles. The maximum atomic E-state index is 12.3. The van der Waals surface area contributed by atoms with Crippen LogP contribution >= 0.6 is 0 Å². The molecule has 0 atom stereocenters. The summed E-state index contributed by atoms with van der Waals surface area (Å²) >= 11 is 0. The summed E-state index contributed by atoms with van der Waals surface area (Å²) in [6, 6.07) is 12.8. The van der Waals surface area contributed by atoms with E-state index in [4.69, 9.17) is 0 Å². The number of piperidine rings is 1. The first-order valence-corrected chi connectivity index (χ1v) is 12.7. The molecule has 0 N–H and O–H groups in total. The van der Waals surface area contributed by atoms with Gasteiger partial charge in [0.2, 0.25) is 0 Å². The molecule has 1 heterocycles. The topological polar surface area (TPSA) is 71.5 Å². The van der Waals surface area contributed by atoms with Crippen LogP contribution in [0, 0.1) is 6.92 Å². The second-order valence-electron chi connectivity index (χ2n) is 7.29. The number of aryl methyl sites for hydroxylation is 1. The summed E-state index contributed by atoms with van der Waals surface area (Å²) in [5, 5.41) is 0. The summed E-state index contributed by atoms with van der Waals surface area (Å²) in [5.41, 5.74) is 3.23. The fourth-order valence-electron chi connectivity index (χ4n) is 3.76. The Balaban J connectivity index is 1.89. The summed E-state index contributed by atoms with van der Waals surface area (Å²) < 4.78 is 48.2. The normalized spacial score (nSPS) is 16.5. The van der Waals surface area contributed by atoms with Gasteiger partial charge in [-0.3, -0.25) is 0 Å². The number of anilines is 1. The minimum absolute atomic E-state index is 0.0291. The van der Waals surface area contributed by atoms with Crippen molar-refractivity contribution >= 4 is 25.4 Å². The van der Waals surface area contributed by atoms with Crippen molar-refractivity contribution in [2.45, 2.75) is 35.5 Å². The lowest BCUT2D eigenvalue weighted by molar-refractivity contribution is 0.501. The fraction of sp³-hybridized carbons (Fsp3) is 0.400. The molecule has 1 aliphatic rings. The molecule has 146 valence electrons. The molecule has 0 saturated carbocycles. The van der Waals surface area contributed by atoms with Gasteiger partial charge in [0.25, 0.3) is 0 Å². The van der Waals surface area contributed by atoms with E-state index in [1.807, 2.05) is 6.07 Å². The molecular formula is C20H25NO4S2. The highest BCUT2D eigenvalue weighted by molar-refractivity contribution is 7.91. The van der Waals surface area contributed by atoms with Crippen LogP contribution < -0.4 is 4.90 Å². The minimum Gasteiger partial charge on any atom is -0.370 e. The molecule has 0 unspecified atom stereocenters. The Labute approximate surface area is 161 Å². The highest BCUT2D eigenvalue weighted by Crippen LogP contribution is 2.35. The van der Waals surface area contributed by atoms with E-state index in [-0.39, 0.29) is 9.79 Å². The van der Waals surface area contributed by atoms with Crippen molar-refractivity contribution in [3.63, 3.8) is 0 Å². The van der Waals surface area contributed by atoms with Crippen LogP contribution in [0.15, 0.2) is 52.3 Å². The number of rotatable bonds is 4. The summed E-state index contributed by atoms with van der Waals surface area (Å²) in [7, 11) is -7.01. The van der Waals surface area contributed by atoms with Crippen molar-refractivity contribution in [1.29, 1.82) is 0 Å². The van der Waals surface area contributed by atoms with Gasteiger partial charge in [-0.25, -0.2) is 16.8 Å². The average molecular weight is 408 g/mol. The first kappa shape index (κ1) is 19.9. The van der Waals surface area contributed by atoms with Crippen molar-refractivity contribution in [2.75, 3.05) is 30.5 Å². The second-order valence-corrected chi connectivity index (χ2v) is 11.3. The molecule has 0 spiro atoms. The van der Waals surface area contributed by atoms with E-state index in [1.54, 1.807) is 6.07 Å². The molecule has 0 bridgehead atoms. The smallest absolute Gasteiger partial charge is 0.177 e. The van der Waals surface area contributed by atoms with Gasteiger partial charge in [-0.05, 0) is 55.0 Å². The summed E-state index contributed by atoms with van der Waals surface area (Å²) in [6.07, 6.45) is 4.07. The van der Waals surface area contributed by atoms with Crippen LogP contribution in [0.2, 0.25) is 0 Å². The van der Waals surface area contributed by atoms with Crippen LogP contribution in [-0.2, 0) is 19.7 Å². The lowest BCUT2D eigenvalue weighted by Gasteiger charge is -2.35. The van der Waals surface area contributed by atoms with Crippen molar-refractivity contribution in [3.8, 4) is 0 Å². The van der Waals surface area contributed by atoms with Gasteiger partial charge in [0.05, 0.1) is 15.5 Å². The highest BCUT2D eigenvalue weighted by atomic mass is 32.2. The zero-order chi connectivity index (χ0) is 19.8. The maximum Gasteiger partial charge on any atom is 0.177 e. The van der Waals surface area contributed by atoms with Gasteiger partial charge in [-0.2, -0.15) is 0 Å². The van der Waals surface area contributed by atoms with E-state index in [9.17, 15) is 16.8 Å². The molecule has 7 heteroatoms. The van der Waals surface area contributed by atoms with Crippen molar-refractivity contribution in [1.82, 2.24) is 0 Å². The zero-order valence-corrected chi connectivity index (χ0v) is 17.5. The van der Waals surface area contributed by atoms with Crippen molar-refractivity contribution in [2.24, 2.45) is 0 Å². The Hall–Kier alpha value is -1.86. The van der Waals surface area contributed by atoms with Crippen LogP contribution in [0.1, 0.15) is 29.9 Å². The largest absolute Gasteiger partial charge is 0.370 e. The Morgan fingerprint density at radius 1 is 0.889 bits per heavy atom. The van der Waals surface area contributed by atoms with Gasteiger partial charge in [0, 0.05) is 25.6 Å². The fourth-order valence-corrected chi connectivity index (χ4v) is 5.40. The molecule has 0 aliphatic carbocycles. The molecule has 27 heavy (non-hydrogen) atoms. The summed E-state index contributed by atoms with van der Waals surface area (Å²) in [5.74, 6) is 0.458. The third kappa shape index (κ3) is 4.35. The molecule has 0 radical (unpaired) electrons. The van der Waals surface area contributed by atoms with E-state index in [2.05, 4.69) is 30.0 Å². The first-order valence-electron chi connectivity index (χ1n) is 8.92. The standard InChI is InChI=1S/C20H25NO4S2/c1-15-6-4-5-7-18(15)16-10-12-21(13-11-16)19-9-8-17(26(2,22)23)14-20(19)27(3,24)25/h4-9,14,16H,10-13H2,1-3H3. The van der Waals surface area contributed by atoms with Crippen molar-refractivity contribution < 1.29 is 16.8 Å². The minimum atomic E-state index is -3.54. The molecule has 3 rings (SSSR count). The molecular weight excluding hydrogens is 382 g/mol. The van der Waals surface area contributed by atoms with Gasteiger partial charge in [0.15, 0.2) is 19.7 Å². The lowest BCUT2D eigenvalue weighted by atomic mass is 9.87. The molecule has 5 nitrogen and oxygen atoms in total. The Kier molecular flexibility index (Phi) is 5.36. The van der Waals surface area contributed by atoms with E-state index in [1.165, 1.54) is 23.3 Å². The molecule has 2 aromatic carbocycles. The SMILES string of the molecule is Cc1ccccc1C1CCN(c2ccc(S(C)(=O)=O)cc2S(C)(=O)=O)CC1. The number of sulfone groups is 2. The van der Waals surface area contributed by atoms with E-state index in [0.29, 0.717) is 11.6 Å². The second kappa shape index (κ2) is 7.28. The lowest BCUT2D eigenvalue weighted by Crippen LogP contribution is -2.34. The summed E-state index contributed by atoms with van der Waals surface area (Å²) in [4.78, 5) is 2.17. The average Bonchev–Trinajstić information content (AvgIpc) is 2.60. The Morgan fingerprint density at radius 3 is 2.07 bits per heavy atom. The van der Waals surface area contributed by atoms with Gasteiger partial charge in [-0.1, -0.05) is 24.3 Å². The van der Waals surface area contributed by atoms with E-state index >= 15 is 0 Å². The quantitative estimate of drug-likeness (QED) is 0.778. The van der Waals surface area contributed by atoms with Crippen LogP contribution in [0.25, 0.3) is 0 Å². The first-order chi connectivity index (χ1) is 12.6. The van der Waals surface area contributed by atoms with Gasteiger partial charge in [0.1, 0.15) is 0 Å². The number of hydrogen-bond acceptors (Lipinski definition) is 5. The van der Waals surface area contributed by atoms with Crippen LogP contribution in [-0.4, -0.2) is 42.4 Å². The molecule has 0 aromatic heterocycles. The molecule has 0 amide bonds. The van der Waals surface area contributed by atoms with Crippen LogP contribution in [0.3, 0.4) is 0 Å². The van der Waals surface area contributed by atoms with Crippen LogP contribution in [0.4, 0.5) is 5.69 Å². The molecule has 2 aromatic rings. The monoisotopic (exact) mass is 407 g/mol. The van der Waals surface area contributed by atoms with Gasteiger partial charge in [-0.15, -0.1) is 0 Å². The van der Waals surface area contributed by atoms with E-state index < -0.39 is 19.7 Å². The molecule has 1 fully saturated rings. The van der Waals surface area contributed by atoms with Gasteiger partial charge >= 0.3 is 0 Å². The van der Waals surface area contributed by atoms with E-state index in [0.717, 1.165) is 38.4 Å². The Bertz CT molecular complexity index is 1050. The number of nitrogens with zero attached hydrogens (tertiary/aromatic N) is 1. The third-order valence-corrected chi connectivity index (χ3v) is 7.46. The van der Waals surface area contributed by atoms with Crippen LogP contribution in [0.5, 0.6) is 0 Å². The molecule has 1 aliphatic heterocycles.